The number of H-pyrrole nitrogens is 1. The number of carboxylic acid groups (broad SMARTS) is 1. The number of aromatic nitrogens is 2. The minimum Gasteiger partial charge on any atom is -0.548 e. The number of nitrogens with zero attached hydrogens (tertiary/aromatic N) is 1. The van der Waals surface area contributed by atoms with Crippen LogP contribution in [0.4, 0.5) is 17.5 Å². The van der Waals surface area contributed by atoms with Crippen LogP contribution in [0.2, 0.25) is 0 Å². The van der Waals surface area contributed by atoms with Gasteiger partial charge in [0.1, 0.15) is 5.69 Å². The van der Waals surface area contributed by atoms with Crippen LogP contribution in [0.3, 0.4) is 0 Å². The molecular weight excluding hydrogens is 202 g/mol. The third kappa shape index (κ3) is 1.56. The van der Waals surface area contributed by atoms with Crippen LogP contribution in [0.5, 0.6) is 0 Å². The van der Waals surface area contributed by atoms with Crippen LogP contribution in [0.1, 0.15) is 0 Å². The quantitative estimate of drug-likeness (QED) is 0.396. The number of carbonyl (C=O) groups excluding carboxylic acids is 1. The van der Waals surface area contributed by atoms with Crippen molar-refractivity contribution in [1.29, 1.82) is 0 Å². The highest BCUT2D eigenvalue weighted by molar-refractivity contribution is 5.81. The van der Waals surface area contributed by atoms with Crippen LogP contribution in [0.15, 0.2) is 4.79 Å². The monoisotopic (exact) mass is 210 g/mol. The van der Waals surface area contributed by atoms with E-state index < -0.39 is 17.6 Å². The number of carboxylic acids is 1. The fraction of sp³-hybridized carbons (Fsp3) is 0.286. The lowest BCUT2D eigenvalue weighted by atomic mass is 10.2. The average molecular weight is 210 g/mol. The molecule has 0 saturated carbocycles. The Bertz CT molecular complexity index is 468. The molecule has 1 atom stereocenters. The molecule has 5 N–H and O–H groups in total. The van der Waals surface area contributed by atoms with Gasteiger partial charge in [-0.2, -0.15) is 4.98 Å². The summed E-state index contributed by atoms with van der Waals surface area (Å²) in [6.07, 6.45) is 0. The number of anilines is 3. The van der Waals surface area contributed by atoms with Gasteiger partial charge in [-0.1, -0.05) is 0 Å². The van der Waals surface area contributed by atoms with Crippen molar-refractivity contribution in [2.24, 2.45) is 0 Å². The molecule has 0 spiro atoms. The first-order chi connectivity index (χ1) is 7.08. The zero-order chi connectivity index (χ0) is 11.0. The van der Waals surface area contributed by atoms with E-state index in [1.165, 1.54) is 0 Å². The number of nitrogens with two attached hydrogens (primary N) is 1. The van der Waals surface area contributed by atoms with Gasteiger partial charge in [0.25, 0.3) is 5.56 Å². The molecule has 0 amide bonds. The number of nitrogens with one attached hydrogen (secondary N) is 3. The lowest BCUT2D eigenvalue weighted by molar-refractivity contribution is -0.306. The molecule has 0 bridgehead atoms. The van der Waals surface area contributed by atoms with Crippen molar-refractivity contribution in [2.45, 2.75) is 6.04 Å². The van der Waals surface area contributed by atoms with Crippen LogP contribution >= 0.6 is 0 Å². The molecule has 0 radical (unpaired) electrons. The summed E-state index contributed by atoms with van der Waals surface area (Å²) in [5.41, 5.74) is 4.86. The zero-order valence-corrected chi connectivity index (χ0v) is 7.53. The van der Waals surface area contributed by atoms with Gasteiger partial charge in [-0.25, -0.2) is 0 Å². The van der Waals surface area contributed by atoms with Crippen LogP contribution in [-0.4, -0.2) is 28.5 Å². The topological polar surface area (TPSA) is 136 Å². The predicted molar refractivity (Wildman–Crippen MR) is 50.2 cm³/mol. The first-order valence-electron chi connectivity index (χ1n) is 4.19. The lowest BCUT2D eigenvalue weighted by Crippen LogP contribution is -2.48. The van der Waals surface area contributed by atoms with E-state index in [2.05, 4.69) is 20.6 Å². The van der Waals surface area contributed by atoms with E-state index in [9.17, 15) is 14.7 Å². The third-order valence-corrected chi connectivity index (χ3v) is 2.01. The summed E-state index contributed by atoms with van der Waals surface area (Å²) in [5, 5.41) is 15.8. The van der Waals surface area contributed by atoms with Gasteiger partial charge in [-0.3, -0.25) is 9.78 Å². The molecule has 8 nitrogen and oxygen atoms in total. The lowest BCUT2D eigenvalue weighted by Gasteiger charge is -2.27. The molecule has 80 valence electrons. The normalized spacial score (nSPS) is 18.5. The van der Waals surface area contributed by atoms with Gasteiger partial charge in [0.2, 0.25) is 5.95 Å². The Hall–Kier alpha value is -2.25. The molecule has 0 saturated heterocycles. The molecule has 15 heavy (non-hydrogen) atoms. The third-order valence-electron chi connectivity index (χ3n) is 2.01. The molecule has 1 aliphatic rings. The molecular formula is C7H8N5O3-. The Morgan fingerprint density at radius 3 is 3.00 bits per heavy atom. The van der Waals surface area contributed by atoms with Gasteiger partial charge in [-0.15, -0.1) is 0 Å². The molecule has 2 heterocycles. The molecule has 0 aromatic carbocycles. The summed E-state index contributed by atoms with van der Waals surface area (Å²) < 4.78 is 0. The Morgan fingerprint density at radius 2 is 2.33 bits per heavy atom. The van der Waals surface area contributed by atoms with Crippen LogP contribution < -0.4 is 27.0 Å². The number of carbonyl (C=O) groups is 1. The summed E-state index contributed by atoms with van der Waals surface area (Å²) in [6, 6.07) is -0.955. The highest BCUT2D eigenvalue weighted by Gasteiger charge is 2.21. The van der Waals surface area contributed by atoms with Gasteiger partial charge >= 0.3 is 0 Å². The van der Waals surface area contributed by atoms with Crippen LogP contribution in [0, 0.1) is 0 Å². The van der Waals surface area contributed by atoms with Gasteiger partial charge in [-0.05, 0) is 0 Å². The Labute approximate surface area is 83.5 Å². The first kappa shape index (κ1) is 9.31. The van der Waals surface area contributed by atoms with E-state index in [0.717, 1.165) is 0 Å². The van der Waals surface area contributed by atoms with E-state index in [-0.39, 0.29) is 24.0 Å². The second kappa shape index (κ2) is 3.15. The van der Waals surface area contributed by atoms with Crippen molar-refractivity contribution < 1.29 is 9.90 Å². The smallest absolute Gasteiger partial charge is 0.277 e. The fourth-order valence-electron chi connectivity index (χ4n) is 1.32. The minimum absolute atomic E-state index is 0.0278. The largest absolute Gasteiger partial charge is 0.548 e. The Kier molecular flexibility index (Phi) is 1.96. The number of hydrogen-bond acceptors (Lipinski definition) is 7. The average Bonchev–Trinajstić information content (AvgIpc) is 2.16. The minimum atomic E-state index is -1.29. The highest BCUT2D eigenvalue weighted by Crippen LogP contribution is 2.19. The van der Waals surface area contributed by atoms with E-state index in [1.807, 2.05) is 0 Å². The number of fused-ring (bicyclic) bond motifs is 1. The van der Waals surface area contributed by atoms with Crippen molar-refractivity contribution in [2.75, 3.05) is 22.9 Å². The standard InChI is InChI=1S/C7H9N5O3/c8-7-11-4-3(5(13)12-7)10-2(1-9-4)6(14)15/h2,10H,1H2,(H,14,15)(H4,8,9,11,12,13)/p-1. The zero-order valence-electron chi connectivity index (χ0n) is 7.53. The van der Waals surface area contributed by atoms with Gasteiger partial charge in [0, 0.05) is 6.54 Å². The van der Waals surface area contributed by atoms with Gasteiger partial charge in [0.15, 0.2) is 5.82 Å². The first-order valence-corrected chi connectivity index (χ1v) is 4.19. The molecule has 1 aliphatic heterocycles. The number of rotatable bonds is 1. The maximum atomic E-state index is 11.4. The molecule has 1 unspecified atom stereocenters. The van der Waals surface area contributed by atoms with Crippen molar-refractivity contribution in [1.82, 2.24) is 9.97 Å². The summed E-state index contributed by atoms with van der Waals surface area (Å²) >= 11 is 0. The van der Waals surface area contributed by atoms with Crippen LogP contribution in [-0.2, 0) is 4.79 Å². The van der Waals surface area contributed by atoms with E-state index in [4.69, 9.17) is 5.73 Å². The predicted octanol–water partition coefficient (Wildman–Crippen LogP) is -2.69. The van der Waals surface area contributed by atoms with E-state index >= 15 is 0 Å². The second-order valence-electron chi connectivity index (χ2n) is 3.07. The van der Waals surface area contributed by atoms with Crippen LogP contribution in [0.25, 0.3) is 0 Å². The number of aromatic amines is 1. The summed E-state index contributed by atoms with van der Waals surface area (Å²) in [7, 11) is 0. The maximum Gasteiger partial charge on any atom is 0.277 e. The number of nitrogen functional groups attached to an aromatic ring is 1. The molecule has 0 fully saturated rings. The summed E-state index contributed by atoms with van der Waals surface area (Å²) in [4.78, 5) is 28.0. The molecule has 1 aromatic heterocycles. The molecule has 8 heteroatoms. The van der Waals surface area contributed by atoms with E-state index in [0.29, 0.717) is 0 Å². The molecule has 2 rings (SSSR count). The Balaban J connectivity index is 2.42. The van der Waals surface area contributed by atoms with Crippen molar-refractivity contribution in [3.8, 4) is 0 Å². The summed E-state index contributed by atoms with van der Waals surface area (Å²) in [5.74, 6) is -1.07. The number of hydrogen-bond donors (Lipinski definition) is 4. The Morgan fingerprint density at radius 1 is 1.60 bits per heavy atom. The SMILES string of the molecule is Nc1nc2c(c(=O)[nH]1)NC(C(=O)[O-])CN2. The summed E-state index contributed by atoms with van der Waals surface area (Å²) in [6.45, 7) is 0.0885. The molecule has 0 aliphatic carbocycles. The highest BCUT2D eigenvalue weighted by atomic mass is 16.4. The molecule has 1 aromatic rings. The van der Waals surface area contributed by atoms with Crippen molar-refractivity contribution >= 4 is 23.4 Å². The van der Waals surface area contributed by atoms with Gasteiger partial charge in [0.05, 0.1) is 12.0 Å². The second-order valence-corrected chi connectivity index (χ2v) is 3.07. The van der Waals surface area contributed by atoms with Crippen molar-refractivity contribution in [3.63, 3.8) is 0 Å². The fourth-order valence-corrected chi connectivity index (χ4v) is 1.32. The van der Waals surface area contributed by atoms with Crippen molar-refractivity contribution in [3.05, 3.63) is 10.4 Å². The van der Waals surface area contributed by atoms with E-state index in [1.54, 1.807) is 0 Å². The number of aliphatic carboxylic acids is 1. The van der Waals surface area contributed by atoms with Gasteiger partial charge < -0.3 is 26.3 Å². The maximum absolute atomic E-state index is 11.4.